The van der Waals surface area contributed by atoms with Crippen LogP contribution in [0.2, 0.25) is 0 Å². The number of benzene rings is 2. The van der Waals surface area contributed by atoms with E-state index in [9.17, 15) is 18.3 Å². The lowest BCUT2D eigenvalue weighted by molar-refractivity contribution is -0.138. The van der Waals surface area contributed by atoms with Crippen LogP contribution in [0.1, 0.15) is 51.3 Å². The molecule has 0 saturated carbocycles. The molecule has 4 atom stereocenters. The minimum absolute atomic E-state index is 0.00288. The molecular formula is C25H36N2O4S. The molecule has 0 aliphatic carbocycles. The fourth-order valence-electron chi connectivity index (χ4n) is 3.61. The van der Waals surface area contributed by atoms with Crippen LogP contribution in [0.25, 0.3) is 0 Å². The van der Waals surface area contributed by atoms with Gasteiger partial charge in [-0.2, -0.15) is 0 Å². The zero-order valence-electron chi connectivity index (χ0n) is 19.8. The van der Waals surface area contributed by atoms with Gasteiger partial charge in [0, 0.05) is 19.0 Å². The molecule has 2 aromatic rings. The molecule has 32 heavy (non-hydrogen) atoms. The molecule has 0 spiro atoms. The molecule has 0 aliphatic rings. The first-order valence-corrected chi connectivity index (χ1v) is 12.5. The minimum Gasteiger partial charge on any atom is -0.386 e. The standard InChI is InChI=1S/C25H36N2O4S/c1-17(2)23(26-32(30,31)22-14-12-18(3)13-15-22)16-19(4)25(29)27(6)20(5)24(28)21-10-8-7-9-11-21/h7-15,17,19-20,23-24,26,28H,16H2,1-6H3/t19-,20+,23-,24-/m1/s1. The topological polar surface area (TPSA) is 86.7 Å². The van der Waals surface area contributed by atoms with Gasteiger partial charge in [-0.15, -0.1) is 0 Å². The van der Waals surface area contributed by atoms with E-state index in [2.05, 4.69) is 4.72 Å². The first kappa shape index (κ1) is 26.0. The number of nitrogens with one attached hydrogen (secondary N) is 1. The zero-order chi connectivity index (χ0) is 24.1. The van der Waals surface area contributed by atoms with Crippen LogP contribution in [0.15, 0.2) is 59.5 Å². The fourth-order valence-corrected chi connectivity index (χ4v) is 5.01. The number of hydrogen-bond donors (Lipinski definition) is 2. The fraction of sp³-hybridized carbons (Fsp3) is 0.480. The van der Waals surface area contributed by atoms with E-state index in [-0.39, 0.29) is 16.7 Å². The molecule has 0 saturated heterocycles. The summed E-state index contributed by atoms with van der Waals surface area (Å²) in [6.45, 7) is 9.38. The Morgan fingerprint density at radius 3 is 2.09 bits per heavy atom. The van der Waals surface area contributed by atoms with Crippen LogP contribution >= 0.6 is 0 Å². The highest BCUT2D eigenvalue weighted by Gasteiger charge is 2.31. The first-order valence-electron chi connectivity index (χ1n) is 11.0. The Balaban J connectivity index is 2.08. The number of hydrogen-bond acceptors (Lipinski definition) is 4. The van der Waals surface area contributed by atoms with E-state index >= 15 is 0 Å². The summed E-state index contributed by atoms with van der Waals surface area (Å²) in [6.07, 6.45) is -0.446. The highest BCUT2D eigenvalue weighted by molar-refractivity contribution is 7.89. The molecule has 176 valence electrons. The second kappa shape index (κ2) is 11.1. The smallest absolute Gasteiger partial charge is 0.240 e. The molecule has 6 nitrogen and oxygen atoms in total. The van der Waals surface area contributed by atoms with Crippen LogP contribution in [0.5, 0.6) is 0 Å². The molecule has 0 radical (unpaired) electrons. The lowest BCUT2D eigenvalue weighted by Gasteiger charge is -2.33. The molecular weight excluding hydrogens is 424 g/mol. The summed E-state index contributed by atoms with van der Waals surface area (Å²) >= 11 is 0. The second-order valence-electron chi connectivity index (χ2n) is 8.97. The van der Waals surface area contributed by atoms with Gasteiger partial charge in [-0.25, -0.2) is 13.1 Å². The second-order valence-corrected chi connectivity index (χ2v) is 10.7. The Hall–Kier alpha value is -2.22. The Labute approximate surface area is 192 Å². The van der Waals surface area contributed by atoms with Crippen molar-refractivity contribution in [3.63, 3.8) is 0 Å². The summed E-state index contributed by atoms with van der Waals surface area (Å²) < 4.78 is 28.5. The van der Waals surface area contributed by atoms with Gasteiger partial charge >= 0.3 is 0 Å². The summed E-state index contributed by atoms with van der Waals surface area (Å²) in [6, 6.07) is 15.1. The molecule has 7 heteroatoms. The van der Waals surface area contributed by atoms with Gasteiger partial charge in [-0.05, 0) is 43.9 Å². The van der Waals surface area contributed by atoms with Crippen LogP contribution in [-0.2, 0) is 14.8 Å². The normalized spacial score (nSPS) is 15.8. The summed E-state index contributed by atoms with van der Waals surface area (Å²) in [5, 5.41) is 10.7. The lowest BCUT2D eigenvalue weighted by Crippen LogP contribution is -2.45. The van der Waals surface area contributed by atoms with E-state index in [1.165, 1.54) is 0 Å². The lowest BCUT2D eigenvalue weighted by atomic mass is 9.93. The number of carbonyl (C=O) groups excluding carboxylic acids is 1. The molecule has 0 unspecified atom stereocenters. The Bertz CT molecular complexity index is 975. The van der Waals surface area contributed by atoms with Crippen molar-refractivity contribution in [1.82, 2.24) is 9.62 Å². The summed E-state index contributed by atoms with van der Waals surface area (Å²) in [7, 11) is -2.02. The summed E-state index contributed by atoms with van der Waals surface area (Å²) in [5.74, 6) is -0.547. The van der Waals surface area contributed by atoms with Crippen molar-refractivity contribution in [2.75, 3.05) is 7.05 Å². The van der Waals surface area contributed by atoms with E-state index in [1.807, 2.05) is 58.0 Å². The SMILES string of the molecule is Cc1ccc(S(=O)(=O)N[C@H](C[C@@H](C)C(=O)N(C)[C@@H](C)[C@@H](O)c2ccccc2)C(C)C)cc1. The van der Waals surface area contributed by atoms with Gasteiger partial charge in [0.2, 0.25) is 15.9 Å². The van der Waals surface area contributed by atoms with Crippen LogP contribution in [0.3, 0.4) is 0 Å². The van der Waals surface area contributed by atoms with Crippen molar-refractivity contribution in [1.29, 1.82) is 0 Å². The number of likely N-dealkylation sites (N-methyl/N-ethyl adjacent to an activating group) is 1. The monoisotopic (exact) mass is 460 g/mol. The number of carbonyl (C=O) groups is 1. The number of sulfonamides is 1. The quantitative estimate of drug-likeness (QED) is 0.563. The van der Waals surface area contributed by atoms with Crippen LogP contribution in [-0.4, -0.2) is 43.5 Å². The van der Waals surface area contributed by atoms with Crippen molar-refractivity contribution >= 4 is 15.9 Å². The zero-order valence-corrected chi connectivity index (χ0v) is 20.6. The molecule has 0 aromatic heterocycles. The van der Waals surface area contributed by atoms with Crippen LogP contribution < -0.4 is 4.72 Å². The maximum atomic E-state index is 13.1. The molecule has 0 aliphatic heterocycles. The third kappa shape index (κ3) is 6.64. The average molecular weight is 461 g/mol. The molecule has 0 heterocycles. The predicted octanol–water partition coefficient (Wildman–Crippen LogP) is 3.90. The van der Waals surface area contributed by atoms with Gasteiger partial charge < -0.3 is 10.0 Å². The summed E-state index contributed by atoms with van der Waals surface area (Å²) in [5.41, 5.74) is 1.73. The molecule has 0 fully saturated rings. The Morgan fingerprint density at radius 2 is 1.56 bits per heavy atom. The number of aliphatic hydroxyl groups is 1. The van der Waals surface area contributed by atoms with E-state index < -0.39 is 34.1 Å². The Kier molecular flexibility index (Phi) is 9.01. The van der Waals surface area contributed by atoms with E-state index in [0.717, 1.165) is 11.1 Å². The molecule has 2 N–H and O–H groups in total. The number of amides is 1. The van der Waals surface area contributed by atoms with E-state index in [1.54, 1.807) is 43.1 Å². The molecule has 0 bridgehead atoms. The van der Waals surface area contributed by atoms with Crippen LogP contribution in [0.4, 0.5) is 0 Å². The largest absolute Gasteiger partial charge is 0.386 e. The number of aryl methyl sites for hydroxylation is 1. The van der Waals surface area contributed by atoms with Gasteiger partial charge in [0.1, 0.15) is 0 Å². The van der Waals surface area contributed by atoms with E-state index in [0.29, 0.717) is 6.42 Å². The number of rotatable bonds is 10. The first-order chi connectivity index (χ1) is 14.9. The van der Waals surface area contributed by atoms with Crippen LogP contribution in [0, 0.1) is 18.8 Å². The van der Waals surface area contributed by atoms with Gasteiger partial charge in [-0.1, -0.05) is 68.8 Å². The molecule has 2 rings (SSSR count). The third-order valence-corrected chi connectivity index (χ3v) is 7.53. The molecule has 1 amide bonds. The predicted molar refractivity (Wildman–Crippen MR) is 128 cm³/mol. The highest BCUT2D eigenvalue weighted by Crippen LogP contribution is 2.23. The van der Waals surface area contributed by atoms with Crippen molar-refractivity contribution in [2.24, 2.45) is 11.8 Å². The minimum atomic E-state index is -3.69. The maximum Gasteiger partial charge on any atom is 0.240 e. The van der Waals surface area contributed by atoms with Crippen molar-refractivity contribution in [2.45, 2.75) is 64.1 Å². The number of aliphatic hydroxyl groups excluding tert-OH is 1. The van der Waals surface area contributed by atoms with Crippen molar-refractivity contribution in [3.8, 4) is 0 Å². The van der Waals surface area contributed by atoms with Gasteiger partial charge in [0.15, 0.2) is 0 Å². The number of nitrogens with zero attached hydrogens (tertiary/aromatic N) is 1. The van der Waals surface area contributed by atoms with Crippen molar-refractivity contribution < 1.29 is 18.3 Å². The molecule has 2 aromatic carbocycles. The average Bonchev–Trinajstić information content (AvgIpc) is 2.77. The van der Waals surface area contributed by atoms with Gasteiger partial charge in [0.05, 0.1) is 17.0 Å². The third-order valence-electron chi connectivity index (χ3n) is 6.03. The van der Waals surface area contributed by atoms with Gasteiger partial charge in [-0.3, -0.25) is 4.79 Å². The Morgan fingerprint density at radius 1 is 1.00 bits per heavy atom. The summed E-state index contributed by atoms with van der Waals surface area (Å²) in [4.78, 5) is 14.9. The van der Waals surface area contributed by atoms with E-state index in [4.69, 9.17) is 0 Å². The van der Waals surface area contributed by atoms with Crippen molar-refractivity contribution in [3.05, 3.63) is 65.7 Å². The van der Waals surface area contributed by atoms with Gasteiger partial charge in [0.25, 0.3) is 0 Å². The maximum absolute atomic E-state index is 13.1. The highest BCUT2D eigenvalue weighted by atomic mass is 32.2.